The number of rotatable bonds is 5. The van der Waals surface area contributed by atoms with Gasteiger partial charge in [-0.25, -0.2) is 0 Å². The zero-order chi connectivity index (χ0) is 10.4. The van der Waals surface area contributed by atoms with Gasteiger partial charge in [-0.05, 0) is 31.2 Å². The van der Waals surface area contributed by atoms with Crippen LogP contribution in [0.25, 0.3) is 0 Å². The van der Waals surface area contributed by atoms with Crippen LogP contribution in [0.5, 0.6) is 0 Å². The molecule has 0 unspecified atom stereocenters. The lowest BCUT2D eigenvalue weighted by Crippen LogP contribution is -1.97. The molecule has 0 saturated heterocycles. The Morgan fingerprint density at radius 3 is 1.86 bits per heavy atom. The molecule has 0 N–H and O–H groups in total. The Kier molecular flexibility index (Phi) is 4.72. The van der Waals surface area contributed by atoms with Gasteiger partial charge in [0.25, 0.3) is 0 Å². The average molecular weight is 190 g/mol. The normalized spacial score (nSPS) is 10.9. The monoisotopic (exact) mass is 190 g/mol. The van der Waals surface area contributed by atoms with Gasteiger partial charge in [-0.3, -0.25) is 0 Å². The molecule has 0 atom stereocenters. The molecule has 1 aromatic carbocycles. The maximum absolute atomic E-state index is 2.30. The largest absolute Gasteiger partial charge is 0.0654 e. The van der Waals surface area contributed by atoms with Gasteiger partial charge in [-0.1, -0.05) is 56.5 Å². The number of hydrogen-bond acceptors (Lipinski definition) is 0. The lowest BCUT2D eigenvalue weighted by atomic mass is 9.90. The van der Waals surface area contributed by atoms with Crippen molar-refractivity contribution in [2.45, 2.75) is 52.4 Å². The van der Waals surface area contributed by atoms with E-state index in [1.54, 1.807) is 0 Å². The van der Waals surface area contributed by atoms with E-state index >= 15 is 0 Å². The maximum Gasteiger partial charge on any atom is -0.0162 e. The van der Waals surface area contributed by atoms with Crippen molar-refractivity contribution in [3.05, 3.63) is 35.4 Å². The van der Waals surface area contributed by atoms with E-state index in [4.69, 9.17) is 0 Å². The van der Waals surface area contributed by atoms with Crippen LogP contribution < -0.4 is 0 Å². The fourth-order valence-electron chi connectivity index (χ4n) is 2.01. The minimum atomic E-state index is 0.783. The summed E-state index contributed by atoms with van der Waals surface area (Å²) in [6, 6.07) is 9.05. The minimum absolute atomic E-state index is 0.783. The molecule has 0 heterocycles. The second-order valence-corrected chi connectivity index (χ2v) is 4.18. The van der Waals surface area contributed by atoms with Crippen molar-refractivity contribution in [2.75, 3.05) is 0 Å². The number of aryl methyl sites for hydroxylation is 1. The van der Waals surface area contributed by atoms with E-state index in [1.165, 1.54) is 36.8 Å². The summed E-state index contributed by atoms with van der Waals surface area (Å²) in [5, 5.41) is 0. The molecule has 1 rings (SSSR count). The van der Waals surface area contributed by atoms with E-state index in [-0.39, 0.29) is 0 Å². The lowest BCUT2D eigenvalue weighted by molar-refractivity contribution is 0.561. The van der Waals surface area contributed by atoms with Crippen molar-refractivity contribution in [3.8, 4) is 0 Å². The van der Waals surface area contributed by atoms with E-state index < -0.39 is 0 Å². The van der Waals surface area contributed by atoms with Gasteiger partial charge in [0.1, 0.15) is 0 Å². The highest BCUT2D eigenvalue weighted by Gasteiger charge is 2.08. The molecule has 0 aliphatic carbocycles. The zero-order valence-electron chi connectivity index (χ0n) is 9.72. The second-order valence-electron chi connectivity index (χ2n) is 4.18. The summed E-state index contributed by atoms with van der Waals surface area (Å²) in [6.07, 6.45) is 5.24. The third kappa shape index (κ3) is 3.17. The second kappa shape index (κ2) is 5.85. The van der Waals surface area contributed by atoms with Gasteiger partial charge in [0.05, 0.1) is 0 Å². The molecule has 0 spiro atoms. The molecule has 0 heteroatoms. The average Bonchev–Trinajstić information content (AvgIpc) is 2.19. The Bertz CT molecular complexity index is 239. The maximum atomic E-state index is 2.30. The zero-order valence-corrected chi connectivity index (χ0v) is 9.72. The number of benzene rings is 1. The summed E-state index contributed by atoms with van der Waals surface area (Å²) < 4.78 is 0. The summed E-state index contributed by atoms with van der Waals surface area (Å²) in [5.41, 5.74) is 2.89. The van der Waals surface area contributed by atoms with Crippen LogP contribution in [0.2, 0.25) is 0 Å². The Hall–Kier alpha value is -0.780. The van der Waals surface area contributed by atoms with Crippen molar-refractivity contribution in [2.24, 2.45) is 0 Å². The van der Waals surface area contributed by atoms with Crippen molar-refractivity contribution >= 4 is 0 Å². The summed E-state index contributed by atoms with van der Waals surface area (Å²) in [4.78, 5) is 0. The molecule has 0 bridgehead atoms. The van der Waals surface area contributed by atoms with E-state index in [9.17, 15) is 0 Å². The first-order valence-corrected chi connectivity index (χ1v) is 5.84. The predicted octanol–water partition coefficient (Wildman–Crippen LogP) is 4.68. The molecule has 78 valence electrons. The SMILES string of the molecule is CCCC(CCC)c1ccc(C)cc1. The molecule has 0 aliphatic rings. The van der Waals surface area contributed by atoms with Gasteiger partial charge in [0, 0.05) is 0 Å². The van der Waals surface area contributed by atoms with Crippen molar-refractivity contribution in [1.82, 2.24) is 0 Å². The third-order valence-corrected chi connectivity index (χ3v) is 2.82. The fourth-order valence-corrected chi connectivity index (χ4v) is 2.01. The van der Waals surface area contributed by atoms with Crippen LogP contribution in [0.1, 0.15) is 56.6 Å². The molecule has 0 fully saturated rings. The van der Waals surface area contributed by atoms with Gasteiger partial charge >= 0.3 is 0 Å². The van der Waals surface area contributed by atoms with Crippen molar-refractivity contribution in [3.63, 3.8) is 0 Å². The minimum Gasteiger partial charge on any atom is -0.0654 e. The molecule has 0 aliphatic heterocycles. The molecule has 0 amide bonds. The lowest BCUT2D eigenvalue weighted by Gasteiger charge is -2.15. The van der Waals surface area contributed by atoms with E-state index in [0.29, 0.717) is 0 Å². The molecular weight excluding hydrogens is 168 g/mol. The van der Waals surface area contributed by atoms with Gasteiger partial charge in [-0.2, -0.15) is 0 Å². The van der Waals surface area contributed by atoms with Crippen molar-refractivity contribution in [1.29, 1.82) is 0 Å². The van der Waals surface area contributed by atoms with E-state index in [2.05, 4.69) is 45.0 Å². The van der Waals surface area contributed by atoms with Crippen LogP contribution in [-0.4, -0.2) is 0 Å². The first kappa shape index (κ1) is 11.3. The molecule has 0 aromatic heterocycles. The topological polar surface area (TPSA) is 0 Å². The highest BCUT2D eigenvalue weighted by molar-refractivity contribution is 5.24. The van der Waals surface area contributed by atoms with Crippen LogP contribution in [0.4, 0.5) is 0 Å². The van der Waals surface area contributed by atoms with Crippen LogP contribution in [-0.2, 0) is 0 Å². The van der Waals surface area contributed by atoms with Crippen LogP contribution in [0.15, 0.2) is 24.3 Å². The van der Waals surface area contributed by atoms with Crippen molar-refractivity contribution < 1.29 is 0 Å². The molecule has 1 aromatic rings. The smallest absolute Gasteiger partial charge is 0.0162 e. The summed E-state index contributed by atoms with van der Waals surface area (Å²) >= 11 is 0. The van der Waals surface area contributed by atoms with Gasteiger partial charge in [-0.15, -0.1) is 0 Å². The quantitative estimate of drug-likeness (QED) is 0.632. The Labute approximate surface area is 88.4 Å². The molecule has 14 heavy (non-hydrogen) atoms. The third-order valence-electron chi connectivity index (χ3n) is 2.82. The predicted molar refractivity (Wildman–Crippen MR) is 63.7 cm³/mol. The van der Waals surface area contributed by atoms with Gasteiger partial charge in [0.15, 0.2) is 0 Å². The Balaban J connectivity index is 2.71. The molecule has 0 nitrogen and oxygen atoms in total. The highest BCUT2D eigenvalue weighted by Crippen LogP contribution is 2.26. The van der Waals surface area contributed by atoms with E-state index in [0.717, 1.165) is 5.92 Å². The highest BCUT2D eigenvalue weighted by atomic mass is 14.1. The molecule has 0 radical (unpaired) electrons. The first-order valence-electron chi connectivity index (χ1n) is 5.84. The van der Waals surface area contributed by atoms with Crippen LogP contribution >= 0.6 is 0 Å². The Morgan fingerprint density at radius 2 is 1.43 bits per heavy atom. The first-order chi connectivity index (χ1) is 6.77. The molecule has 0 saturated carbocycles. The van der Waals surface area contributed by atoms with Crippen LogP contribution in [0, 0.1) is 6.92 Å². The van der Waals surface area contributed by atoms with E-state index in [1.807, 2.05) is 0 Å². The molecular formula is C14H22. The fraction of sp³-hybridized carbons (Fsp3) is 0.571. The number of hydrogen-bond donors (Lipinski definition) is 0. The summed E-state index contributed by atoms with van der Waals surface area (Å²) in [7, 11) is 0. The van der Waals surface area contributed by atoms with Crippen LogP contribution in [0.3, 0.4) is 0 Å². The Morgan fingerprint density at radius 1 is 0.929 bits per heavy atom. The summed E-state index contributed by atoms with van der Waals surface area (Å²) in [6.45, 7) is 6.70. The summed E-state index contributed by atoms with van der Waals surface area (Å²) in [5.74, 6) is 0.783. The standard InChI is InChI=1S/C14H22/c1-4-6-13(7-5-2)14-10-8-12(3)9-11-14/h8-11,13H,4-7H2,1-3H3. The van der Waals surface area contributed by atoms with Gasteiger partial charge < -0.3 is 0 Å². The van der Waals surface area contributed by atoms with Gasteiger partial charge in [0.2, 0.25) is 0 Å².